The number of rotatable bonds is 3. The van der Waals surface area contributed by atoms with Crippen LogP contribution in [0.25, 0.3) is 0 Å². The Hall–Kier alpha value is -3.03. The number of nitrogens with one attached hydrogen (secondary N) is 1. The van der Waals surface area contributed by atoms with Gasteiger partial charge in [-0.3, -0.25) is 9.69 Å². The maximum atomic E-state index is 14.4. The van der Waals surface area contributed by atoms with Crippen LogP contribution in [-0.4, -0.2) is 29.1 Å². The van der Waals surface area contributed by atoms with E-state index in [4.69, 9.17) is 11.6 Å². The normalized spacial score (nSPS) is 19.5. The monoisotopic (exact) mass is 467 g/mol. The molecule has 0 radical (unpaired) electrons. The van der Waals surface area contributed by atoms with E-state index in [1.807, 2.05) is 24.3 Å². The van der Waals surface area contributed by atoms with Crippen LogP contribution in [0.5, 0.6) is 0 Å². The molecule has 0 saturated carbocycles. The van der Waals surface area contributed by atoms with Crippen molar-refractivity contribution in [2.75, 3.05) is 22.5 Å². The predicted octanol–water partition coefficient (Wildman–Crippen LogP) is 5.46. The second-order valence-electron chi connectivity index (χ2n) is 7.58. The molecular weight excluding hydrogens is 449 g/mol. The number of hydrogen-bond acceptors (Lipinski definition) is 3. The molecule has 162 valence electrons. The van der Waals surface area contributed by atoms with Crippen molar-refractivity contribution < 1.29 is 14.0 Å². The predicted molar refractivity (Wildman–Crippen MR) is 125 cm³/mol. The fourth-order valence-corrected chi connectivity index (χ4v) is 5.93. The van der Waals surface area contributed by atoms with Crippen molar-refractivity contribution in [3.05, 3.63) is 94.8 Å². The van der Waals surface area contributed by atoms with Gasteiger partial charge in [-0.1, -0.05) is 54.1 Å². The van der Waals surface area contributed by atoms with Crippen LogP contribution in [0.1, 0.15) is 11.1 Å². The lowest BCUT2D eigenvalue weighted by molar-refractivity contribution is -0.123. The van der Waals surface area contributed by atoms with Crippen molar-refractivity contribution in [2.24, 2.45) is 0 Å². The van der Waals surface area contributed by atoms with E-state index in [2.05, 4.69) is 5.32 Å². The van der Waals surface area contributed by atoms with Gasteiger partial charge in [-0.05, 0) is 30.3 Å². The Labute approximate surface area is 194 Å². The molecule has 8 heteroatoms. The summed E-state index contributed by atoms with van der Waals surface area (Å²) in [6.45, 7) is 0.499. The number of carbonyl (C=O) groups excluding carboxylic acids is 2. The number of halogens is 2. The quantitative estimate of drug-likeness (QED) is 0.556. The summed E-state index contributed by atoms with van der Waals surface area (Å²) in [5, 5.41) is 3.37. The van der Waals surface area contributed by atoms with Crippen molar-refractivity contribution in [1.82, 2.24) is 4.90 Å². The molecular formula is C24H19ClFN3O2S. The Kier molecular flexibility index (Phi) is 5.31. The first-order chi connectivity index (χ1) is 15.5. The van der Waals surface area contributed by atoms with Gasteiger partial charge in [-0.2, -0.15) is 0 Å². The van der Waals surface area contributed by atoms with Gasteiger partial charge in [0.2, 0.25) is 0 Å². The number of thioether (sulfide) groups is 1. The van der Waals surface area contributed by atoms with E-state index < -0.39 is 4.87 Å². The molecule has 0 aliphatic carbocycles. The highest BCUT2D eigenvalue weighted by Crippen LogP contribution is 2.54. The van der Waals surface area contributed by atoms with E-state index in [1.165, 1.54) is 17.8 Å². The highest BCUT2D eigenvalue weighted by Gasteiger charge is 2.59. The minimum Gasteiger partial charge on any atom is -0.308 e. The number of anilines is 2. The fourth-order valence-electron chi connectivity index (χ4n) is 4.28. The van der Waals surface area contributed by atoms with Crippen LogP contribution >= 0.6 is 23.4 Å². The van der Waals surface area contributed by atoms with Crippen LogP contribution in [0.4, 0.5) is 20.6 Å². The molecule has 0 bridgehead atoms. The van der Waals surface area contributed by atoms with Crippen molar-refractivity contribution in [3.63, 3.8) is 0 Å². The van der Waals surface area contributed by atoms with Gasteiger partial charge in [-0.15, -0.1) is 11.8 Å². The zero-order chi connectivity index (χ0) is 22.3. The molecule has 1 atom stereocenters. The zero-order valence-corrected chi connectivity index (χ0v) is 18.5. The van der Waals surface area contributed by atoms with Crippen molar-refractivity contribution >= 4 is 46.7 Å². The van der Waals surface area contributed by atoms with Gasteiger partial charge in [-0.25, -0.2) is 9.18 Å². The molecule has 1 spiro atoms. The number of amides is 3. The van der Waals surface area contributed by atoms with Crippen LogP contribution in [0.15, 0.2) is 72.8 Å². The zero-order valence-electron chi connectivity index (χ0n) is 16.9. The van der Waals surface area contributed by atoms with Gasteiger partial charge < -0.3 is 10.2 Å². The standard InChI is InChI=1S/C24H19ClFN3O2S/c25-17-7-5-8-18(14-17)27-23(31)29-12-13-32-24(29)19-9-2-4-11-21(19)28(22(24)30)15-16-6-1-3-10-20(16)26/h1-11,14H,12-13,15H2,(H,27,31)/t24-/m1/s1. The first-order valence-corrected chi connectivity index (χ1v) is 11.5. The molecule has 5 rings (SSSR count). The first-order valence-electron chi connectivity index (χ1n) is 10.1. The SMILES string of the molecule is O=C(Nc1cccc(Cl)c1)N1CCS[C@]12C(=O)N(Cc1ccccc1F)c1ccccc12. The summed E-state index contributed by atoms with van der Waals surface area (Å²) in [5.41, 5.74) is 2.41. The van der Waals surface area contributed by atoms with Gasteiger partial charge in [0, 0.05) is 34.1 Å². The summed E-state index contributed by atoms with van der Waals surface area (Å²) in [6, 6.07) is 20.3. The molecule has 5 nitrogen and oxygen atoms in total. The summed E-state index contributed by atoms with van der Waals surface area (Å²) in [7, 11) is 0. The van der Waals surface area contributed by atoms with Crippen LogP contribution < -0.4 is 10.2 Å². The van der Waals surface area contributed by atoms with Gasteiger partial charge in [0.1, 0.15) is 5.82 Å². The van der Waals surface area contributed by atoms with Crippen LogP contribution in [0, 0.1) is 5.82 Å². The average molecular weight is 468 g/mol. The molecule has 32 heavy (non-hydrogen) atoms. The van der Waals surface area contributed by atoms with Crippen molar-refractivity contribution in [2.45, 2.75) is 11.4 Å². The van der Waals surface area contributed by atoms with E-state index in [0.717, 1.165) is 5.56 Å². The highest BCUT2D eigenvalue weighted by molar-refractivity contribution is 8.01. The minimum absolute atomic E-state index is 0.0918. The fraction of sp³-hybridized carbons (Fsp3) is 0.167. The van der Waals surface area contributed by atoms with Gasteiger partial charge >= 0.3 is 6.03 Å². The Morgan fingerprint density at radius 3 is 2.69 bits per heavy atom. The topological polar surface area (TPSA) is 52.7 Å². The third-order valence-electron chi connectivity index (χ3n) is 5.71. The Bertz CT molecular complexity index is 1220. The number of benzene rings is 3. The molecule has 1 fully saturated rings. The summed E-state index contributed by atoms with van der Waals surface area (Å²) < 4.78 is 14.4. The number of hydrogen-bond donors (Lipinski definition) is 1. The van der Waals surface area contributed by atoms with Gasteiger partial charge in [0.05, 0.1) is 12.2 Å². The minimum atomic E-state index is -1.19. The second kappa shape index (κ2) is 8.15. The third-order valence-corrected chi connectivity index (χ3v) is 7.36. The second-order valence-corrected chi connectivity index (χ2v) is 9.31. The molecule has 2 aliphatic rings. The third kappa shape index (κ3) is 3.32. The summed E-state index contributed by atoms with van der Waals surface area (Å²) in [5.74, 6) is -0.00427. The average Bonchev–Trinajstić information content (AvgIpc) is 3.33. The largest absolute Gasteiger partial charge is 0.323 e. The van der Waals surface area contributed by atoms with Crippen molar-refractivity contribution in [3.8, 4) is 0 Å². The highest BCUT2D eigenvalue weighted by atomic mass is 35.5. The molecule has 2 heterocycles. The summed E-state index contributed by atoms with van der Waals surface area (Å²) >= 11 is 7.47. The number of carbonyl (C=O) groups is 2. The van der Waals surface area contributed by atoms with Crippen LogP contribution in [-0.2, 0) is 16.2 Å². The van der Waals surface area contributed by atoms with E-state index >= 15 is 0 Å². The number of urea groups is 1. The molecule has 3 amide bonds. The molecule has 0 unspecified atom stereocenters. The van der Waals surface area contributed by atoms with E-state index in [0.29, 0.717) is 34.3 Å². The molecule has 3 aromatic carbocycles. The van der Waals surface area contributed by atoms with E-state index in [1.54, 1.807) is 52.3 Å². The Balaban J connectivity index is 1.52. The number of para-hydroxylation sites is 1. The Morgan fingerprint density at radius 2 is 1.88 bits per heavy atom. The molecule has 1 saturated heterocycles. The lowest BCUT2D eigenvalue weighted by Gasteiger charge is -2.33. The van der Waals surface area contributed by atoms with Crippen molar-refractivity contribution in [1.29, 1.82) is 0 Å². The number of nitrogens with zero attached hydrogens (tertiary/aromatic N) is 2. The molecule has 0 aromatic heterocycles. The van der Waals surface area contributed by atoms with E-state index in [9.17, 15) is 14.0 Å². The smallest absolute Gasteiger partial charge is 0.308 e. The first kappa shape index (κ1) is 20.8. The summed E-state index contributed by atoms with van der Waals surface area (Å²) in [4.78, 5) is 29.1. The van der Waals surface area contributed by atoms with Crippen LogP contribution in [0.3, 0.4) is 0 Å². The number of fused-ring (bicyclic) bond motifs is 2. The maximum absolute atomic E-state index is 14.4. The van der Waals surface area contributed by atoms with Gasteiger partial charge in [0.25, 0.3) is 5.91 Å². The molecule has 1 N–H and O–H groups in total. The molecule has 2 aliphatic heterocycles. The lowest BCUT2D eigenvalue weighted by atomic mass is 10.1. The lowest BCUT2D eigenvalue weighted by Crippen LogP contribution is -2.51. The Morgan fingerprint density at radius 1 is 1.09 bits per heavy atom. The maximum Gasteiger partial charge on any atom is 0.323 e. The van der Waals surface area contributed by atoms with Gasteiger partial charge in [0.15, 0.2) is 4.87 Å². The summed E-state index contributed by atoms with van der Waals surface area (Å²) in [6.07, 6.45) is 0. The van der Waals surface area contributed by atoms with E-state index in [-0.39, 0.29) is 24.3 Å². The van der Waals surface area contributed by atoms with Crippen LogP contribution in [0.2, 0.25) is 5.02 Å². The molecule has 3 aromatic rings.